The predicted octanol–water partition coefficient (Wildman–Crippen LogP) is 3.62. The van der Waals surface area contributed by atoms with E-state index in [0.717, 1.165) is 16.9 Å². The van der Waals surface area contributed by atoms with E-state index in [0.29, 0.717) is 33.2 Å². The smallest absolute Gasteiger partial charge is 0.252 e. The van der Waals surface area contributed by atoms with Crippen LogP contribution in [-0.2, 0) is 21.9 Å². The third kappa shape index (κ3) is 4.04. The van der Waals surface area contributed by atoms with Crippen LogP contribution in [0, 0.1) is 11.7 Å². The molecule has 3 aromatic rings. The zero-order valence-corrected chi connectivity index (χ0v) is 18.5. The number of hydrogen-bond donors (Lipinski definition) is 0. The number of fused-ring (bicyclic) bond motifs is 1. The van der Waals surface area contributed by atoms with E-state index in [-0.39, 0.29) is 22.5 Å². The molecule has 0 aliphatic carbocycles. The summed E-state index contributed by atoms with van der Waals surface area (Å²) in [5, 5.41) is 0. The average molecular weight is 474 g/mol. The first-order valence-corrected chi connectivity index (χ1v) is 12.3. The van der Waals surface area contributed by atoms with Crippen LogP contribution < -0.4 is 4.80 Å². The Kier molecular flexibility index (Phi) is 5.64. The number of rotatable bonds is 3. The fourth-order valence-corrected chi connectivity index (χ4v) is 7.54. The minimum atomic E-state index is -3.68. The molecule has 29 heavy (non-hydrogen) atoms. The first kappa shape index (κ1) is 20.7. The molecule has 1 aliphatic rings. The number of carbonyl (C=O) groups is 1. The van der Waals surface area contributed by atoms with Crippen molar-refractivity contribution in [3.05, 3.63) is 45.3 Å². The summed E-state index contributed by atoms with van der Waals surface area (Å²) < 4.78 is 43.5. The Hall–Kier alpha value is -1.59. The first-order chi connectivity index (χ1) is 13.8. The number of aryl methyl sites for hydroxylation is 1. The second-order valence-electron chi connectivity index (χ2n) is 6.77. The molecule has 1 amide bonds. The van der Waals surface area contributed by atoms with Crippen molar-refractivity contribution in [1.29, 1.82) is 0 Å². The van der Waals surface area contributed by atoms with Crippen LogP contribution in [0.4, 0.5) is 4.39 Å². The molecular weight excluding hydrogens is 457 g/mol. The second kappa shape index (κ2) is 7.92. The van der Waals surface area contributed by atoms with E-state index in [1.165, 1.54) is 33.8 Å². The molecular formula is C18H17ClFN3O3S3. The molecule has 0 saturated carbocycles. The fraction of sp³-hybridized carbons (Fsp3) is 0.333. The van der Waals surface area contributed by atoms with Crippen molar-refractivity contribution in [2.75, 3.05) is 13.1 Å². The van der Waals surface area contributed by atoms with Gasteiger partial charge in [-0.25, -0.2) is 12.8 Å². The normalized spacial score (nSPS) is 19.1. The van der Waals surface area contributed by atoms with Gasteiger partial charge >= 0.3 is 0 Å². The minimum absolute atomic E-state index is 0.0867. The highest BCUT2D eigenvalue weighted by molar-refractivity contribution is 7.91. The van der Waals surface area contributed by atoms with Crippen LogP contribution in [0.2, 0.25) is 4.34 Å². The van der Waals surface area contributed by atoms with Crippen LogP contribution in [0.1, 0.15) is 12.8 Å². The number of carbonyl (C=O) groups excluding carboxylic acids is 1. The molecule has 0 N–H and O–H groups in total. The molecule has 154 valence electrons. The van der Waals surface area contributed by atoms with Gasteiger partial charge in [0.2, 0.25) is 0 Å². The van der Waals surface area contributed by atoms with Crippen LogP contribution in [-0.4, -0.2) is 36.3 Å². The van der Waals surface area contributed by atoms with E-state index >= 15 is 0 Å². The number of thiophene rings is 1. The summed E-state index contributed by atoms with van der Waals surface area (Å²) in [5.41, 5.74) is 0.783. The lowest BCUT2D eigenvalue weighted by molar-refractivity contribution is -0.122. The zero-order valence-electron chi connectivity index (χ0n) is 15.3. The molecule has 1 aliphatic heterocycles. The molecule has 1 atom stereocenters. The third-order valence-electron chi connectivity index (χ3n) is 4.85. The van der Waals surface area contributed by atoms with E-state index in [9.17, 15) is 17.6 Å². The van der Waals surface area contributed by atoms with Crippen molar-refractivity contribution >= 4 is 60.4 Å². The Morgan fingerprint density at radius 3 is 2.79 bits per heavy atom. The Morgan fingerprint density at radius 1 is 1.28 bits per heavy atom. The van der Waals surface area contributed by atoms with Gasteiger partial charge in [-0.3, -0.25) is 4.79 Å². The molecule has 3 heterocycles. The van der Waals surface area contributed by atoms with Gasteiger partial charge in [-0.1, -0.05) is 22.9 Å². The number of sulfonamides is 1. The molecule has 1 fully saturated rings. The third-order valence-corrected chi connectivity index (χ3v) is 9.51. The summed E-state index contributed by atoms with van der Waals surface area (Å²) in [6, 6.07) is 7.44. The maximum atomic E-state index is 13.5. The summed E-state index contributed by atoms with van der Waals surface area (Å²) >= 11 is 8.10. The summed E-state index contributed by atoms with van der Waals surface area (Å²) in [7, 11) is -1.92. The van der Waals surface area contributed by atoms with Crippen LogP contribution in [0.25, 0.3) is 10.2 Å². The highest BCUT2D eigenvalue weighted by atomic mass is 35.5. The number of piperidine rings is 1. The molecule has 1 saturated heterocycles. The molecule has 0 bridgehead atoms. The number of nitrogens with zero attached hydrogens (tertiary/aromatic N) is 3. The van der Waals surface area contributed by atoms with E-state index in [2.05, 4.69) is 4.99 Å². The fourth-order valence-electron chi connectivity index (χ4n) is 3.33. The van der Waals surface area contributed by atoms with Gasteiger partial charge in [0.1, 0.15) is 10.0 Å². The number of aromatic nitrogens is 1. The molecule has 1 unspecified atom stereocenters. The standard InChI is InChI=1S/C18H17ClFN3O3S3/c1-22-13-5-4-12(20)9-14(13)27-18(22)21-17(24)11-3-2-8-23(10-11)29(25,26)16-7-6-15(19)28-16/h4-7,9,11H,2-3,8,10H2,1H3. The van der Waals surface area contributed by atoms with Gasteiger partial charge in [0.05, 0.1) is 20.5 Å². The van der Waals surface area contributed by atoms with Crippen LogP contribution in [0.3, 0.4) is 0 Å². The van der Waals surface area contributed by atoms with Gasteiger partial charge in [0.25, 0.3) is 15.9 Å². The van der Waals surface area contributed by atoms with Crippen molar-refractivity contribution < 1.29 is 17.6 Å². The van der Waals surface area contributed by atoms with E-state index in [1.807, 2.05) is 0 Å². The topological polar surface area (TPSA) is 71.7 Å². The molecule has 6 nitrogen and oxygen atoms in total. The molecule has 0 radical (unpaired) electrons. The van der Waals surface area contributed by atoms with Crippen molar-refractivity contribution in [3.63, 3.8) is 0 Å². The number of thiazole rings is 1. The summed E-state index contributed by atoms with van der Waals surface area (Å²) in [6.07, 6.45) is 1.15. The van der Waals surface area contributed by atoms with E-state index in [1.54, 1.807) is 23.7 Å². The number of halogens is 2. The Bertz CT molecular complexity index is 1260. The quantitative estimate of drug-likeness (QED) is 0.583. The molecule has 11 heteroatoms. The molecule has 2 aromatic heterocycles. The maximum Gasteiger partial charge on any atom is 0.252 e. The van der Waals surface area contributed by atoms with E-state index < -0.39 is 15.9 Å². The van der Waals surface area contributed by atoms with Crippen molar-refractivity contribution in [1.82, 2.24) is 8.87 Å². The van der Waals surface area contributed by atoms with Gasteiger partial charge in [-0.05, 0) is 43.2 Å². The summed E-state index contributed by atoms with van der Waals surface area (Å²) in [5.74, 6) is -1.23. The lowest BCUT2D eigenvalue weighted by atomic mass is 9.99. The zero-order chi connectivity index (χ0) is 20.8. The Morgan fingerprint density at radius 2 is 2.07 bits per heavy atom. The van der Waals surface area contributed by atoms with Gasteiger partial charge < -0.3 is 4.57 Å². The number of amides is 1. The highest BCUT2D eigenvalue weighted by Crippen LogP contribution is 2.31. The summed E-state index contributed by atoms with van der Waals surface area (Å²) in [6.45, 7) is 0.445. The predicted molar refractivity (Wildman–Crippen MR) is 112 cm³/mol. The monoisotopic (exact) mass is 473 g/mol. The van der Waals surface area contributed by atoms with E-state index in [4.69, 9.17) is 11.6 Å². The van der Waals surface area contributed by atoms with Crippen molar-refractivity contribution in [2.45, 2.75) is 17.1 Å². The van der Waals surface area contributed by atoms with Crippen LogP contribution in [0.5, 0.6) is 0 Å². The second-order valence-corrected chi connectivity index (χ2v) is 11.7. The van der Waals surface area contributed by atoms with Gasteiger partial charge in [0.15, 0.2) is 4.80 Å². The number of benzene rings is 1. The minimum Gasteiger partial charge on any atom is -0.319 e. The lowest BCUT2D eigenvalue weighted by Gasteiger charge is -2.29. The van der Waals surface area contributed by atoms with Gasteiger partial charge in [-0.15, -0.1) is 11.3 Å². The largest absolute Gasteiger partial charge is 0.319 e. The SMILES string of the molecule is Cn1c(=NC(=O)C2CCCN(S(=O)(=O)c3ccc(Cl)s3)C2)sc2cc(F)ccc21. The molecule has 0 spiro atoms. The Balaban J connectivity index is 1.60. The highest BCUT2D eigenvalue weighted by Gasteiger charge is 2.34. The lowest BCUT2D eigenvalue weighted by Crippen LogP contribution is -2.42. The summed E-state index contributed by atoms with van der Waals surface area (Å²) in [4.78, 5) is 17.5. The first-order valence-electron chi connectivity index (χ1n) is 8.85. The van der Waals surface area contributed by atoms with Crippen molar-refractivity contribution in [2.24, 2.45) is 18.0 Å². The van der Waals surface area contributed by atoms with Crippen molar-refractivity contribution in [3.8, 4) is 0 Å². The maximum absolute atomic E-state index is 13.5. The van der Waals surface area contributed by atoms with Crippen LogP contribution >= 0.6 is 34.3 Å². The van der Waals surface area contributed by atoms with Gasteiger partial charge in [0, 0.05) is 20.1 Å². The number of hydrogen-bond acceptors (Lipinski definition) is 5. The van der Waals surface area contributed by atoms with Crippen LogP contribution in [0.15, 0.2) is 39.5 Å². The van der Waals surface area contributed by atoms with Gasteiger partial charge in [-0.2, -0.15) is 9.30 Å². The molecule has 4 rings (SSSR count). The molecule has 1 aromatic carbocycles. The Labute approximate surface area is 179 Å². The average Bonchev–Trinajstić information content (AvgIpc) is 3.26.